The Hall–Kier alpha value is -1.30. The van der Waals surface area contributed by atoms with Gasteiger partial charge in [-0.15, -0.1) is 0 Å². The number of nitrogens with zero attached hydrogens (tertiary/aromatic N) is 1. The lowest BCUT2D eigenvalue weighted by Gasteiger charge is -2.12. The molecular formula is C21H14Br2Cl3N3O2. The Bertz CT molecular complexity index is 1120. The smallest absolute Gasteiger partial charge is 0.254 e. The monoisotopic (exact) mass is 603 g/mol. The molecule has 31 heavy (non-hydrogen) atoms. The molecule has 2 saturated carbocycles. The van der Waals surface area contributed by atoms with Gasteiger partial charge in [0.05, 0.1) is 22.6 Å². The predicted octanol–water partition coefficient (Wildman–Crippen LogP) is 6.27. The van der Waals surface area contributed by atoms with E-state index in [0.717, 1.165) is 5.56 Å². The second-order valence-electron chi connectivity index (χ2n) is 7.66. The zero-order chi connectivity index (χ0) is 22.6. The Kier molecular flexibility index (Phi) is 6.08. The van der Waals surface area contributed by atoms with E-state index in [-0.39, 0.29) is 22.4 Å². The average Bonchev–Trinajstić information content (AvgIpc) is 3.57. The van der Waals surface area contributed by atoms with E-state index in [1.165, 1.54) is 12.1 Å². The first-order valence-corrected chi connectivity index (χ1v) is 12.0. The van der Waals surface area contributed by atoms with Gasteiger partial charge in [-0.3, -0.25) is 9.59 Å². The third-order valence-corrected chi connectivity index (χ3v) is 8.11. The molecule has 2 N–H and O–H groups in total. The molecule has 2 fully saturated rings. The molecule has 160 valence electrons. The predicted molar refractivity (Wildman–Crippen MR) is 128 cm³/mol. The number of carbonyl (C=O) groups is 2. The van der Waals surface area contributed by atoms with Gasteiger partial charge in [0.2, 0.25) is 5.91 Å². The highest BCUT2D eigenvalue weighted by molar-refractivity contribution is 9.25. The molecule has 10 heteroatoms. The van der Waals surface area contributed by atoms with E-state index in [4.69, 9.17) is 34.8 Å². The number of alkyl halides is 2. The summed E-state index contributed by atoms with van der Waals surface area (Å²) < 4.78 is -0.643. The lowest BCUT2D eigenvalue weighted by molar-refractivity contribution is -0.117. The van der Waals surface area contributed by atoms with Crippen molar-refractivity contribution in [2.75, 3.05) is 5.32 Å². The fourth-order valence-corrected chi connectivity index (χ4v) is 5.98. The summed E-state index contributed by atoms with van der Waals surface area (Å²) in [5, 5.41) is 15.9. The Balaban J connectivity index is 1.51. The van der Waals surface area contributed by atoms with E-state index in [0.29, 0.717) is 28.6 Å². The van der Waals surface area contributed by atoms with Crippen LogP contribution in [0.1, 0.15) is 34.7 Å². The summed E-state index contributed by atoms with van der Waals surface area (Å²) in [6.45, 7) is 0. The molecule has 0 spiro atoms. The second kappa shape index (κ2) is 8.24. The number of anilines is 1. The van der Waals surface area contributed by atoms with E-state index in [1.807, 2.05) is 0 Å². The Morgan fingerprint density at radius 3 is 2.29 bits per heavy atom. The third kappa shape index (κ3) is 4.60. The largest absolute Gasteiger partial charge is 0.334 e. The molecule has 0 aromatic heterocycles. The van der Waals surface area contributed by atoms with Gasteiger partial charge in [0.15, 0.2) is 0 Å². The normalized spacial score (nSPS) is 22.2. The summed E-state index contributed by atoms with van der Waals surface area (Å²) in [6, 6.07) is 11.9. The zero-order valence-electron chi connectivity index (χ0n) is 15.7. The van der Waals surface area contributed by atoms with Crippen molar-refractivity contribution in [3.8, 4) is 6.07 Å². The quantitative estimate of drug-likeness (QED) is 0.394. The number of benzene rings is 2. The number of halogens is 5. The van der Waals surface area contributed by atoms with Crippen LogP contribution in [0.2, 0.25) is 15.1 Å². The van der Waals surface area contributed by atoms with Crippen molar-refractivity contribution in [1.82, 2.24) is 5.32 Å². The average molecular weight is 607 g/mol. The van der Waals surface area contributed by atoms with Crippen LogP contribution < -0.4 is 10.6 Å². The molecule has 2 aromatic carbocycles. The van der Waals surface area contributed by atoms with E-state index >= 15 is 0 Å². The molecular weight excluding hydrogens is 592 g/mol. The number of amides is 2. The summed E-state index contributed by atoms with van der Waals surface area (Å²) in [4.78, 5) is 25.6. The lowest BCUT2D eigenvalue weighted by Crippen LogP contribution is -2.35. The van der Waals surface area contributed by atoms with Crippen LogP contribution in [0.15, 0.2) is 36.4 Å². The number of carbonyl (C=O) groups excluding carboxylic acids is 2. The molecule has 2 aromatic rings. The Labute approximate surface area is 210 Å². The topological polar surface area (TPSA) is 82.0 Å². The molecule has 0 aliphatic heterocycles. The summed E-state index contributed by atoms with van der Waals surface area (Å²) in [7, 11) is 0. The maximum absolute atomic E-state index is 13.0. The molecule has 0 unspecified atom stereocenters. The van der Waals surface area contributed by atoms with Crippen LogP contribution in [0.25, 0.3) is 0 Å². The molecule has 4 rings (SSSR count). The summed E-state index contributed by atoms with van der Waals surface area (Å²) in [5.74, 6) is -1.33. The van der Waals surface area contributed by atoms with Crippen LogP contribution in [0.3, 0.4) is 0 Å². The fourth-order valence-electron chi connectivity index (χ4n) is 3.49. The number of nitriles is 1. The van der Waals surface area contributed by atoms with Crippen molar-refractivity contribution in [2.24, 2.45) is 5.92 Å². The van der Waals surface area contributed by atoms with Gasteiger partial charge in [-0.25, -0.2) is 0 Å². The fraction of sp³-hybridized carbons (Fsp3) is 0.286. The minimum absolute atomic E-state index is 0.191. The van der Waals surface area contributed by atoms with E-state index in [1.54, 1.807) is 24.3 Å². The zero-order valence-corrected chi connectivity index (χ0v) is 21.1. The molecule has 2 atom stereocenters. The van der Waals surface area contributed by atoms with Gasteiger partial charge >= 0.3 is 0 Å². The maximum atomic E-state index is 13.0. The van der Waals surface area contributed by atoms with Gasteiger partial charge in [0, 0.05) is 21.7 Å². The van der Waals surface area contributed by atoms with Crippen molar-refractivity contribution in [1.29, 1.82) is 5.26 Å². The highest BCUT2D eigenvalue weighted by Gasteiger charge is 2.66. The standard InChI is InChI=1S/C21H14Br2Cl3N3O2/c22-21(23)16(10-5-11(24)7-12(25)6-10)17(21)19(31)28-13-1-2-15(26)14(8-13)18(30)29-20(9-27)3-4-20/h1-2,5-8,16-17H,3-4H2,(H,28,31)(H,29,30)/t16-,17+/m0/s1. The van der Waals surface area contributed by atoms with Crippen LogP contribution in [0.4, 0.5) is 5.69 Å². The molecule has 0 bridgehead atoms. The lowest BCUT2D eigenvalue weighted by atomic mass is 10.1. The number of rotatable bonds is 5. The summed E-state index contributed by atoms with van der Waals surface area (Å²) >= 11 is 25.5. The molecule has 0 radical (unpaired) electrons. The molecule has 5 nitrogen and oxygen atoms in total. The molecule has 2 amide bonds. The summed E-state index contributed by atoms with van der Waals surface area (Å²) in [6.07, 6.45) is 1.22. The Morgan fingerprint density at radius 1 is 1.06 bits per heavy atom. The first-order valence-electron chi connectivity index (χ1n) is 9.24. The van der Waals surface area contributed by atoms with Crippen LogP contribution in [0, 0.1) is 17.2 Å². The highest BCUT2D eigenvalue weighted by atomic mass is 79.9. The van der Waals surface area contributed by atoms with Gasteiger partial charge in [-0.1, -0.05) is 66.7 Å². The van der Waals surface area contributed by atoms with E-state index in [9.17, 15) is 14.9 Å². The van der Waals surface area contributed by atoms with Crippen LogP contribution in [0.5, 0.6) is 0 Å². The molecule has 0 heterocycles. The third-order valence-electron chi connectivity index (χ3n) is 5.38. The SMILES string of the molecule is N#CC1(NC(=O)c2cc(NC(=O)[C@H]3[C@H](c4cc(Cl)cc(Cl)c4)C3(Br)Br)ccc2Cl)CC1. The van der Waals surface area contributed by atoms with Gasteiger partial charge in [0.1, 0.15) is 8.77 Å². The molecule has 0 saturated heterocycles. The Morgan fingerprint density at radius 2 is 1.71 bits per heavy atom. The van der Waals surface area contributed by atoms with Gasteiger partial charge in [-0.2, -0.15) is 5.26 Å². The van der Waals surface area contributed by atoms with Crippen molar-refractivity contribution in [3.05, 3.63) is 62.6 Å². The highest BCUT2D eigenvalue weighted by Crippen LogP contribution is 2.67. The molecule has 2 aliphatic carbocycles. The summed E-state index contributed by atoms with van der Waals surface area (Å²) in [5.41, 5.74) is 0.629. The van der Waals surface area contributed by atoms with Crippen molar-refractivity contribution >= 4 is 84.2 Å². The second-order valence-corrected chi connectivity index (χ2v) is 12.6. The van der Waals surface area contributed by atoms with Crippen molar-refractivity contribution in [2.45, 2.75) is 27.5 Å². The van der Waals surface area contributed by atoms with Gasteiger partial charge < -0.3 is 10.6 Å². The van der Waals surface area contributed by atoms with Gasteiger partial charge in [0.25, 0.3) is 5.91 Å². The van der Waals surface area contributed by atoms with Crippen LogP contribution >= 0.6 is 66.7 Å². The number of hydrogen-bond donors (Lipinski definition) is 2. The number of nitrogens with one attached hydrogen (secondary N) is 2. The number of hydrogen-bond acceptors (Lipinski definition) is 3. The van der Waals surface area contributed by atoms with Crippen molar-refractivity contribution < 1.29 is 9.59 Å². The van der Waals surface area contributed by atoms with E-state index < -0.39 is 20.6 Å². The first-order chi connectivity index (χ1) is 14.6. The van der Waals surface area contributed by atoms with Crippen LogP contribution in [-0.2, 0) is 4.79 Å². The maximum Gasteiger partial charge on any atom is 0.254 e. The van der Waals surface area contributed by atoms with Gasteiger partial charge in [-0.05, 0) is 54.8 Å². The molecule has 2 aliphatic rings. The van der Waals surface area contributed by atoms with Crippen molar-refractivity contribution in [3.63, 3.8) is 0 Å². The minimum atomic E-state index is -0.815. The van der Waals surface area contributed by atoms with Crippen LogP contribution in [-0.4, -0.2) is 20.6 Å². The minimum Gasteiger partial charge on any atom is -0.334 e. The first kappa shape index (κ1) is 22.9. The van der Waals surface area contributed by atoms with E-state index in [2.05, 4.69) is 48.6 Å².